The van der Waals surface area contributed by atoms with E-state index >= 15 is 0 Å². The number of nitro groups is 1. The third-order valence-corrected chi connectivity index (χ3v) is 4.02. The number of aromatic nitrogens is 4. The van der Waals surface area contributed by atoms with E-state index in [4.69, 9.17) is 16.3 Å². The summed E-state index contributed by atoms with van der Waals surface area (Å²) < 4.78 is 7.87. The highest BCUT2D eigenvalue weighted by Crippen LogP contribution is 2.24. The van der Waals surface area contributed by atoms with Crippen molar-refractivity contribution in [1.82, 2.24) is 19.6 Å². The fourth-order valence-electron chi connectivity index (χ4n) is 2.58. The Balaban J connectivity index is 1.57. The molecule has 2 aromatic heterocycles. The molecule has 1 aromatic carbocycles. The van der Waals surface area contributed by atoms with Crippen molar-refractivity contribution in [3.63, 3.8) is 0 Å². The molecule has 0 aliphatic heterocycles. The molecule has 0 aliphatic carbocycles. The lowest BCUT2D eigenvalue weighted by molar-refractivity contribution is -0.385. The zero-order chi connectivity index (χ0) is 20.1. The number of hydrogen-bond acceptors (Lipinski definition) is 6. The number of halogens is 1. The summed E-state index contributed by atoms with van der Waals surface area (Å²) in [6.45, 7) is 0.703. The van der Waals surface area contributed by atoms with Gasteiger partial charge in [-0.1, -0.05) is 23.7 Å². The van der Waals surface area contributed by atoms with Gasteiger partial charge in [0, 0.05) is 18.3 Å². The number of nitrogens with zero attached hydrogens (tertiary/aromatic N) is 5. The van der Waals surface area contributed by atoms with Gasteiger partial charge in [0.05, 0.1) is 36.3 Å². The molecule has 0 spiro atoms. The molecule has 1 amide bonds. The highest BCUT2D eigenvalue weighted by Gasteiger charge is 2.20. The van der Waals surface area contributed by atoms with E-state index in [-0.39, 0.29) is 30.4 Å². The Morgan fingerprint density at radius 1 is 1.36 bits per heavy atom. The van der Waals surface area contributed by atoms with Crippen molar-refractivity contribution >= 4 is 28.9 Å². The molecule has 0 saturated heterocycles. The molecular formula is C17H17ClN6O4. The molecule has 11 heteroatoms. The zero-order valence-electron chi connectivity index (χ0n) is 14.9. The van der Waals surface area contributed by atoms with Crippen LogP contribution in [0.15, 0.2) is 42.9 Å². The van der Waals surface area contributed by atoms with Crippen molar-refractivity contribution < 1.29 is 14.5 Å². The van der Waals surface area contributed by atoms with Crippen LogP contribution in [0.4, 0.5) is 11.4 Å². The van der Waals surface area contributed by atoms with Crippen LogP contribution in [0.2, 0.25) is 5.02 Å². The van der Waals surface area contributed by atoms with Crippen molar-refractivity contribution in [2.45, 2.75) is 19.5 Å². The maximum Gasteiger partial charge on any atom is 0.350 e. The lowest BCUT2D eigenvalue weighted by Crippen LogP contribution is -2.15. The van der Waals surface area contributed by atoms with Gasteiger partial charge in [-0.15, -0.1) is 5.10 Å². The first-order valence-corrected chi connectivity index (χ1v) is 8.65. The van der Waals surface area contributed by atoms with E-state index < -0.39 is 4.92 Å². The first-order valence-electron chi connectivity index (χ1n) is 8.27. The predicted molar refractivity (Wildman–Crippen MR) is 101 cm³/mol. The Bertz CT molecular complexity index is 999. The Morgan fingerprint density at radius 2 is 2.18 bits per heavy atom. The van der Waals surface area contributed by atoms with E-state index in [2.05, 4.69) is 15.5 Å². The van der Waals surface area contributed by atoms with E-state index in [1.54, 1.807) is 23.1 Å². The lowest BCUT2D eigenvalue weighted by atomic mass is 10.2. The van der Waals surface area contributed by atoms with Crippen LogP contribution in [-0.4, -0.2) is 37.5 Å². The minimum absolute atomic E-state index is 0.0863. The van der Waals surface area contributed by atoms with E-state index in [0.29, 0.717) is 17.3 Å². The lowest BCUT2D eigenvalue weighted by Gasteiger charge is -2.08. The van der Waals surface area contributed by atoms with Gasteiger partial charge in [-0.05, 0) is 17.7 Å². The first-order chi connectivity index (χ1) is 13.4. The third-order valence-electron chi connectivity index (χ3n) is 3.82. The molecule has 0 aliphatic rings. The maximum atomic E-state index is 12.2. The number of carbonyl (C=O) groups is 1. The number of benzene rings is 1. The van der Waals surface area contributed by atoms with Crippen LogP contribution in [-0.2, 0) is 17.9 Å². The quantitative estimate of drug-likeness (QED) is 0.455. The van der Waals surface area contributed by atoms with E-state index in [1.165, 1.54) is 18.0 Å². The second-order valence-electron chi connectivity index (χ2n) is 5.90. The Morgan fingerprint density at radius 3 is 2.82 bits per heavy atom. The van der Waals surface area contributed by atoms with Crippen LogP contribution in [0.1, 0.15) is 12.0 Å². The Hall–Kier alpha value is -3.40. The Labute approximate surface area is 164 Å². The van der Waals surface area contributed by atoms with E-state index in [1.807, 2.05) is 18.2 Å². The van der Waals surface area contributed by atoms with Crippen LogP contribution in [0.3, 0.4) is 0 Å². The summed E-state index contributed by atoms with van der Waals surface area (Å²) in [6.07, 6.45) is 4.61. The summed E-state index contributed by atoms with van der Waals surface area (Å²) in [5.41, 5.74) is 1.35. The minimum atomic E-state index is -0.583. The van der Waals surface area contributed by atoms with Gasteiger partial charge >= 0.3 is 11.6 Å². The zero-order valence-corrected chi connectivity index (χ0v) is 15.7. The molecule has 0 bridgehead atoms. The monoisotopic (exact) mass is 404 g/mol. The van der Waals surface area contributed by atoms with Crippen LogP contribution < -0.4 is 10.1 Å². The van der Waals surface area contributed by atoms with Crippen LogP contribution in [0.25, 0.3) is 0 Å². The smallest absolute Gasteiger partial charge is 0.350 e. The van der Waals surface area contributed by atoms with Gasteiger partial charge in [0.1, 0.15) is 6.20 Å². The molecule has 3 rings (SSSR count). The standard InChI is InChI=1S/C17H17ClN6O4/c1-28-17-15(24(26)27)11-22(21-17)6-5-16(25)20-14-4-2-3-12(7-14)9-23-10-13(18)8-19-23/h2-4,7-8,10-11H,5-6,9H2,1H3,(H,20,25). The maximum absolute atomic E-state index is 12.2. The van der Waals surface area contributed by atoms with Gasteiger partial charge < -0.3 is 10.1 Å². The summed E-state index contributed by atoms with van der Waals surface area (Å²) in [5.74, 6) is -0.326. The fourth-order valence-corrected chi connectivity index (χ4v) is 2.73. The molecule has 0 unspecified atom stereocenters. The largest absolute Gasteiger partial charge is 0.475 e. The topological polar surface area (TPSA) is 117 Å². The molecular weight excluding hydrogens is 388 g/mol. The van der Waals surface area contributed by atoms with Gasteiger partial charge in [-0.25, -0.2) is 0 Å². The molecule has 0 radical (unpaired) electrons. The highest BCUT2D eigenvalue weighted by atomic mass is 35.5. The third kappa shape index (κ3) is 4.86. The normalized spacial score (nSPS) is 10.6. The number of anilines is 1. The van der Waals surface area contributed by atoms with E-state index in [0.717, 1.165) is 5.56 Å². The molecule has 0 atom stereocenters. The van der Waals surface area contributed by atoms with Crippen molar-refractivity contribution in [3.05, 3.63) is 63.6 Å². The van der Waals surface area contributed by atoms with Crippen LogP contribution in [0.5, 0.6) is 5.88 Å². The number of hydrogen-bond donors (Lipinski definition) is 1. The number of amides is 1. The van der Waals surface area contributed by atoms with Crippen molar-refractivity contribution in [3.8, 4) is 5.88 Å². The van der Waals surface area contributed by atoms with Gasteiger partial charge in [0.25, 0.3) is 0 Å². The number of ether oxygens (including phenoxy) is 1. The van der Waals surface area contributed by atoms with Gasteiger partial charge in [-0.2, -0.15) is 5.10 Å². The second kappa shape index (κ2) is 8.53. The molecule has 3 aromatic rings. The highest BCUT2D eigenvalue weighted by molar-refractivity contribution is 6.30. The van der Waals surface area contributed by atoms with Crippen molar-refractivity contribution in [2.24, 2.45) is 0 Å². The summed E-state index contributed by atoms with van der Waals surface area (Å²) in [7, 11) is 1.30. The molecule has 2 heterocycles. The number of nitrogens with one attached hydrogen (secondary N) is 1. The second-order valence-corrected chi connectivity index (χ2v) is 6.33. The van der Waals surface area contributed by atoms with E-state index in [9.17, 15) is 14.9 Å². The summed E-state index contributed by atoms with van der Waals surface area (Å²) in [4.78, 5) is 22.5. The number of methoxy groups -OCH3 is 1. The van der Waals surface area contributed by atoms with Crippen molar-refractivity contribution in [1.29, 1.82) is 0 Å². The minimum Gasteiger partial charge on any atom is -0.475 e. The molecule has 1 N–H and O–H groups in total. The summed E-state index contributed by atoms with van der Waals surface area (Å²) in [6, 6.07) is 7.37. The number of carbonyl (C=O) groups excluding carboxylic acids is 1. The Kier molecular flexibility index (Phi) is 5.90. The predicted octanol–water partition coefficient (Wildman–Crippen LogP) is 2.73. The fraction of sp³-hybridized carbons (Fsp3) is 0.235. The number of aryl methyl sites for hydroxylation is 1. The molecule has 10 nitrogen and oxygen atoms in total. The number of rotatable bonds is 8. The SMILES string of the molecule is COc1nn(CCC(=O)Nc2cccc(Cn3cc(Cl)cn3)c2)cc1[N+](=O)[O-]. The molecule has 28 heavy (non-hydrogen) atoms. The summed E-state index contributed by atoms with van der Waals surface area (Å²) >= 11 is 5.86. The molecule has 146 valence electrons. The van der Waals surface area contributed by atoms with Crippen LogP contribution in [0, 0.1) is 10.1 Å². The van der Waals surface area contributed by atoms with Gasteiger partial charge in [0.15, 0.2) is 0 Å². The molecule has 0 saturated carbocycles. The average Bonchev–Trinajstić information content (AvgIpc) is 3.26. The molecule has 0 fully saturated rings. The van der Waals surface area contributed by atoms with Gasteiger partial charge in [-0.3, -0.25) is 24.3 Å². The average molecular weight is 405 g/mol. The van der Waals surface area contributed by atoms with Gasteiger partial charge in [0.2, 0.25) is 5.91 Å². The van der Waals surface area contributed by atoms with Crippen molar-refractivity contribution in [2.75, 3.05) is 12.4 Å². The van der Waals surface area contributed by atoms with Crippen LogP contribution >= 0.6 is 11.6 Å². The first kappa shape index (κ1) is 19.4. The summed E-state index contributed by atoms with van der Waals surface area (Å²) in [5, 5.41) is 22.3.